The zero-order valence-corrected chi connectivity index (χ0v) is 13.8. The van der Waals surface area contributed by atoms with Crippen LogP contribution in [0.1, 0.15) is 58.8 Å². The summed E-state index contributed by atoms with van der Waals surface area (Å²) in [5, 5.41) is 0. The lowest BCUT2D eigenvalue weighted by molar-refractivity contribution is -0.129. The molecule has 0 spiro atoms. The maximum absolute atomic E-state index is 12.5. The average molecular weight is 298 g/mol. The molecule has 2 heteroatoms. The topological polar surface area (TPSA) is 34.1 Å². The average Bonchev–Trinajstić information content (AvgIpc) is 2.75. The molecule has 118 valence electrons. The van der Waals surface area contributed by atoms with Gasteiger partial charge in [-0.1, -0.05) is 31.6 Å². The molecule has 0 N–H and O–H groups in total. The first-order valence-corrected chi connectivity index (χ1v) is 8.81. The smallest absolute Gasteiger partial charge is 0.155 e. The van der Waals surface area contributed by atoms with Crippen LogP contribution in [0.15, 0.2) is 23.8 Å². The predicted octanol–water partition coefficient (Wildman–Crippen LogP) is 4.25. The van der Waals surface area contributed by atoms with E-state index in [4.69, 9.17) is 0 Å². The second-order valence-corrected chi connectivity index (χ2v) is 8.55. The van der Waals surface area contributed by atoms with Crippen LogP contribution in [0.3, 0.4) is 0 Å². The summed E-state index contributed by atoms with van der Waals surface area (Å²) >= 11 is 0. The first-order chi connectivity index (χ1) is 10.4. The number of hydrogen-bond acceptors (Lipinski definition) is 2. The minimum absolute atomic E-state index is 0.112. The van der Waals surface area contributed by atoms with Crippen LogP contribution >= 0.6 is 0 Å². The molecule has 3 saturated carbocycles. The molecule has 0 saturated heterocycles. The van der Waals surface area contributed by atoms with Gasteiger partial charge in [-0.2, -0.15) is 0 Å². The fourth-order valence-electron chi connectivity index (χ4n) is 6.43. The fourth-order valence-corrected chi connectivity index (χ4v) is 6.43. The van der Waals surface area contributed by atoms with Gasteiger partial charge in [-0.25, -0.2) is 0 Å². The summed E-state index contributed by atoms with van der Waals surface area (Å²) in [6, 6.07) is 0. The largest absolute Gasteiger partial charge is 0.299 e. The molecular weight excluding hydrogens is 272 g/mol. The van der Waals surface area contributed by atoms with Gasteiger partial charge in [0.05, 0.1) is 0 Å². The highest BCUT2D eigenvalue weighted by Crippen LogP contribution is 2.65. The van der Waals surface area contributed by atoms with Gasteiger partial charge < -0.3 is 0 Å². The Morgan fingerprint density at radius 1 is 1.09 bits per heavy atom. The Morgan fingerprint density at radius 2 is 1.86 bits per heavy atom. The van der Waals surface area contributed by atoms with Gasteiger partial charge in [0, 0.05) is 18.3 Å². The zero-order chi connectivity index (χ0) is 15.7. The number of rotatable bonds is 0. The van der Waals surface area contributed by atoms with Crippen LogP contribution in [0, 0.1) is 28.6 Å². The van der Waals surface area contributed by atoms with Crippen molar-refractivity contribution in [2.75, 3.05) is 0 Å². The number of fused-ring (bicyclic) bond motifs is 5. The molecule has 0 aromatic heterocycles. The van der Waals surface area contributed by atoms with E-state index in [9.17, 15) is 9.59 Å². The Balaban J connectivity index is 1.77. The van der Waals surface area contributed by atoms with Gasteiger partial charge in [0.1, 0.15) is 5.78 Å². The van der Waals surface area contributed by atoms with Crippen molar-refractivity contribution in [2.24, 2.45) is 28.6 Å². The second-order valence-electron chi connectivity index (χ2n) is 8.55. The van der Waals surface area contributed by atoms with Crippen LogP contribution in [-0.4, -0.2) is 11.6 Å². The van der Waals surface area contributed by atoms with Gasteiger partial charge in [0.15, 0.2) is 5.78 Å². The number of carbonyl (C=O) groups excluding carboxylic acids is 2. The predicted molar refractivity (Wildman–Crippen MR) is 86.2 cm³/mol. The van der Waals surface area contributed by atoms with Gasteiger partial charge >= 0.3 is 0 Å². The van der Waals surface area contributed by atoms with Crippen molar-refractivity contribution in [3.8, 4) is 0 Å². The molecule has 22 heavy (non-hydrogen) atoms. The number of hydrogen-bond donors (Lipinski definition) is 0. The normalized spacial score (nSPS) is 47.6. The third-order valence-corrected chi connectivity index (χ3v) is 7.51. The van der Waals surface area contributed by atoms with Crippen molar-refractivity contribution >= 4 is 11.6 Å². The number of carbonyl (C=O) groups is 2. The Kier molecular flexibility index (Phi) is 2.90. The fraction of sp³-hybridized carbons (Fsp3) is 0.700. The van der Waals surface area contributed by atoms with E-state index in [1.54, 1.807) is 0 Å². The maximum Gasteiger partial charge on any atom is 0.155 e. The van der Waals surface area contributed by atoms with E-state index < -0.39 is 0 Å². The van der Waals surface area contributed by atoms with Crippen molar-refractivity contribution in [1.82, 2.24) is 0 Å². The maximum atomic E-state index is 12.5. The Hall–Kier alpha value is -1.18. The van der Waals surface area contributed by atoms with Gasteiger partial charge in [-0.15, -0.1) is 0 Å². The van der Waals surface area contributed by atoms with Gasteiger partial charge in [0.25, 0.3) is 0 Å². The first-order valence-electron chi connectivity index (χ1n) is 8.81. The van der Waals surface area contributed by atoms with Crippen LogP contribution in [0.5, 0.6) is 0 Å². The monoisotopic (exact) mass is 298 g/mol. The number of allylic oxidation sites excluding steroid dienone is 2. The van der Waals surface area contributed by atoms with Crippen molar-refractivity contribution in [2.45, 2.75) is 58.8 Å². The SMILES string of the molecule is C=C1C[C@]2(C)C(=O)CC[C@H]2[C@@H]2CCC3=CC(=O)CC[C@]3(C)[C@@H]12. The third kappa shape index (κ3) is 1.67. The van der Waals surface area contributed by atoms with Gasteiger partial charge in [-0.05, 0) is 61.3 Å². The van der Waals surface area contributed by atoms with Crippen molar-refractivity contribution < 1.29 is 9.59 Å². The molecule has 0 amide bonds. The van der Waals surface area contributed by atoms with Crippen molar-refractivity contribution in [1.29, 1.82) is 0 Å². The first kappa shape index (κ1) is 14.4. The molecule has 4 aliphatic rings. The highest BCUT2D eigenvalue weighted by molar-refractivity contribution is 5.92. The Bertz CT molecular complexity index is 613. The van der Waals surface area contributed by atoms with Gasteiger partial charge in [-0.3, -0.25) is 9.59 Å². The van der Waals surface area contributed by atoms with E-state index in [0.29, 0.717) is 35.7 Å². The lowest BCUT2D eigenvalue weighted by Gasteiger charge is -2.57. The van der Waals surface area contributed by atoms with E-state index in [-0.39, 0.29) is 10.8 Å². The van der Waals surface area contributed by atoms with Crippen LogP contribution in [0.2, 0.25) is 0 Å². The molecule has 0 bridgehead atoms. The highest BCUT2D eigenvalue weighted by Gasteiger charge is 2.60. The molecule has 4 rings (SSSR count). The summed E-state index contributed by atoms with van der Waals surface area (Å²) in [7, 11) is 0. The summed E-state index contributed by atoms with van der Waals surface area (Å²) < 4.78 is 0. The number of ketones is 2. The summed E-state index contributed by atoms with van der Waals surface area (Å²) in [6.45, 7) is 8.97. The zero-order valence-electron chi connectivity index (χ0n) is 13.8. The van der Waals surface area contributed by atoms with Crippen molar-refractivity contribution in [3.05, 3.63) is 23.8 Å². The Labute approximate surface area is 133 Å². The lowest BCUT2D eigenvalue weighted by Crippen LogP contribution is -2.51. The molecule has 2 nitrogen and oxygen atoms in total. The highest BCUT2D eigenvalue weighted by atomic mass is 16.1. The van der Waals surface area contributed by atoms with E-state index in [2.05, 4.69) is 20.4 Å². The molecule has 0 heterocycles. The molecule has 0 aromatic rings. The van der Waals surface area contributed by atoms with E-state index in [1.165, 1.54) is 11.1 Å². The standard InChI is InChI=1S/C20H26O2/c1-12-11-20(3)16(6-7-17(20)22)15-5-4-13-10-14(21)8-9-19(13,2)18(12)15/h10,15-16,18H,1,4-9,11H2,2-3H3/t15-,16-,18-,19-,20-/m0/s1. The van der Waals surface area contributed by atoms with Crippen LogP contribution in [0.4, 0.5) is 0 Å². The molecule has 4 aliphatic carbocycles. The quantitative estimate of drug-likeness (QED) is 0.626. The van der Waals surface area contributed by atoms with E-state index >= 15 is 0 Å². The molecule has 5 atom stereocenters. The van der Waals surface area contributed by atoms with Crippen LogP contribution < -0.4 is 0 Å². The molecule has 0 unspecified atom stereocenters. The van der Waals surface area contributed by atoms with E-state index in [0.717, 1.165) is 38.5 Å². The summed E-state index contributed by atoms with van der Waals surface area (Å²) in [4.78, 5) is 24.3. The van der Waals surface area contributed by atoms with E-state index in [1.807, 2.05) is 6.08 Å². The van der Waals surface area contributed by atoms with Crippen molar-refractivity contribution in [3.63, 3.8) is 0 Å². The molecular formula is C20H26O2. The summed E-state index contributed by atoms with van der Waals surface area (Å²) in [5.41, 5.74) is 2.60. The Morgan fingerprint density at radius 3 is 2.64 bits per heavy atom. The lowest BCUT2D eigenvalue weighted by atomic mass is 9.46. The molecule has 3 fully saturated rings. The summed E-state index contributed by atoms with van der Waals surface area (Å²) in [5.74, 6) is 2.36. The third-order valence-electron chi connectivity index (χ3n) is 7.51. The number of Topliss-reactive ketones (excluding diaryl/α,β-unsaturated/α-hetero) is 1. The minimum atomic E-state index is -0.152. The second kappa shape index (κ2) is 4.43. The minimum Gasteiger partial charge on any atom is -0.299 e. The van der Waals surface area contributed by atoms with Crippen LogP contribution in [-0.2, 0) is 9.59 Å². The molecule has 0 aliphatic heterocycles. The van der Waals surface area contributed by atoms with Crippen LogP contribution in [0.25, 0.3) is 0 Å². The summed E-state index contributed by atoms with van der Waals surface area (Å²) in [6.07, 6.45) is 8.44. The van der Waals surface area contributed by atoms with Gasteiger partial charge in [0.2, 0.25) is 0 Å². The molecule has 0 aromatic carbocycles. The molecule has 0 radical (unpaired) electrons.